The molecule has 1 aliphatic heterocycles. The lowest BCUT2D eigenvalue weighted by Crippen LogP contribution is -2.14. The van der Waals surface area contributed by atoms with E-state index in [9.17, 15) is 0 Å². The first kappa shape index (κ1) is 13.5. The van der Waals surface area contributed by atoms with E-state index in [-0.39, 0.29) is 0 Å². The highest BCUT2D eigenvalue weighted by molar-refractivity contribution is 7.99. The van der Waals surface area contributed by atoms with Crippen LogP contribution in [0.1, 0.15) is 18.2 Å². The Balaban J connectivity index is 1.85. The van der Waals surface area contributed by atoms with E-state index in [4.69, 9.17) is 11.6 Å². The Morgan fingerprint density at radius 3 is 3.11 bits per heavy atom. The van der Waals surface area contributed by atoms with E-state index < -0.39 is 0 Å². The third-order valence-electron chi connectivity index (χ3n) is 3.35. The summed E-state index contributed by atoms with van der Waals surface area (Å²) in [5.41, 5.74) is 0. The van der Waals surface area contributed by atoms with Crippen LogP contribution in [0.4, 0.5) is 5.82 Å². The Morgan fingerprint density at radius 1 is 1.47 bits per heavy atom. The molecule has 6 heteroatoms. The molecule has 1 aliphatic rings. The van der Waals surface area contributed by atoms with Gasteiger partial charge in [0.2, 0.25) is 5.28 Å². The van der Waals surface area contributed by atoms with Gasteiger partial charge in [0, 0.05) is 11.4 Å². The lowest BCUT2D eigenvalue weighted by atomic mass is 10.1. The van der Waals surface area contributed by atoms with Crippen LogP contribution in [0, 0.1) is 5.92 Å². The average molecular weight is 314 g/mol. The Bertz CT molecular complexity index is 579. The van der Waals surface area contributed by atoms with Crippen molar-refractivity contribution in [2.24, 2.45) is 5.92 Å². The molecule has 0 bridgehead atoms. The van der Waals surface area contributed by atoms with Crippen LogP contribution in [0.15, 0.2) is 6.07 Å². The van der Waals surface area contributed by atoms with E-state index in [0.29, 0.717) is 5.28 Å². The summed E-state index contributed by atoms with van der Waals surface area (Å²) >= 11 is 9.75. The number of aryl methyl sites for hydroxylation is 1. The van der Waals surface area contributed by atoms with Crippen molar-refractivity contribution in [3.8, 4) is 0 Å². The van der Waals surface area contributed by atoms with Gasteiger partial charge in [-0.3, -0.25) is 0 Å². The van der Waals surface area contributed by atoms with Gasteiger partial charge in [0.15, 0.2) is 0 Å². The number of hydrogen-bond donors (Lipinski definition) is 1. The number of anilines is 1. The van der Waals surface area contributed by atoms with Gasteiger partial charge in [-0.15, -0.1) is 11.3 Å². The number of fused-ring (bicyclic) bond motifs is 1. The van der Waals surface area contributed by atoms with Gasteiger partial charge in [0.25, 0.3) is 0 Å². The second-order valence-electron chi connectivity index (χ2n) is 4.74. The van der Waals surface area contributed by atoms with Crippen molar-refractivity contribution in [3.63, 3.8) is 0 Å². The molecule has 0 saturated carbocycles. The monoisotopic (exact) mass is 313 g/mol. The molecule has 1 saturated heterocycles. The molecule has 2 aromatic heterocycles. The molecule has 0 aliphatic carbocycles. The zero-order chi connectivity index (χ0) is 13.2. The third kappa shape index (κ3) is 2.98. The second-order valence-corrected chi connectivity index (χ2v) is 7.34. The van der Waals surface area contributed by atoms with E-state index >= 15 is 0 Å². The van der Waals surface area contributed by atoms with Crippen LogP contribution in [-0.2, 0) is 6.42 Å². The van der Waals surface area contributed by atoms with Crippen LogP contribution in [0.25, 0.3) is 10.2 Å². The van der Waals surface area contributed by atoms with Crippen molar-refractivity contribution in [2.45, 2.75) is 19.8 Å². The summed E-state index contributed by atoms with van der Waals surface area (Å²) in [6, 6.07) is 2.18. The van der Waals surface area contributed by atoms with Crippen LogP contribution in [0.5, 0.6) is 0 Å². The average Bonchev–Trinajstić information content (AvgIpc) is 3.04. The first-order valence-corrected chi connectivity index (χ1v) is 8.88. The van der Waals surface area contributed by atoms with Gasteiger partial charge in [-0.05, 0) is 47.9 Å². The molecule has 0 radical (unpaired) electrons. The molecule has 3 heterocycles. The number of rotatable bonds is 4. The van der Waals surface area contributed by atoms with Crippen molar-refractivity contribution in [1.82, 2.24) is 9.97 Å². The van der Waals surface area contributed by atoms with Gasteiger partial charge in [-0.25, -0.2) is 9.97 Å². The van der Waals surface area contributed by atoms with Gasteiger partial charge in [0.05, 0.1) is 5.39 Å². The van der Waals surface area contributed by atoms with E-state index in [2.05, 4.69) is 28.3 Å². The first-order valence-electron chi connectivity index (χ1n) is 6.54. The largest absolute Gasteiger partial charge is 0.369 e. The first-order chi connectivity index (χ1) is 9.26. The molecule has 19 heavy (non-hydrogen) atoms. The summed E-state index contributed by atoms with van der Waals surface area (Å²) in [5, 5.41) is 4.91. The van der Waals surface area contributed by atoms with E-state index in [1.807, 2.05) is 11.8 Å². The maximum Gasteiger partial charge on any atom is 0.225 e. The predicted octanol–water partition coefficient (Wildman–Crippen LogP) is 4.07. The zero-order valence-electron chi connectivity index (χ0n) is 10.8. The van der Waals surface area contributed by atoms with Gasteiger partial charge >= 0.3 is 0 Å². The smallest absolute Gasteiger partial charge is 0.225 e. The molecule has 1 fully saturated rings. The number of thioether (sulfide) groups is 1. The fraction of sp³-hybridized carbons (Fsp3) is 0.538. The second kappa shape index (κ2) is 5.85. The number of hydrogen-bond acceptors (Lipinski definition) is 5. The maximum absolute atomic E-state index is 6.01. The number of nitrogens with one attached hydrogen (secondary N) is 1. The number of nitrogens with zero attached hydrogens (tertiary/aromatic N) is 2. The molecular weight excluding hydrogens is 298 g/mol. The minimum absolute atomic E-state index is 0.334. The Labute approximate surface area is 126 Å². The fourth-order valence-electron chi connectivity index (χ4n) is 2.24. The van der Waals surface area contributed by atoms with E-state index in [0.717, 1.165) is 34.9 Å². The van der Waals surface area contributed by atoms with Crippen LogP contribution in [-0.4, -0.2) is 28.0 Å². The molecule has 1 N–H and O–H groups in total. The number of thiophene rings is 1. The van der Waals surface area contributed by atoms with Crippen molar-refractivity contribution < 1.29 is 0 Å². The Hall–Kier alpha value is -0.520. The molecule has 0 amide bonds. The van der Waals surface area contributed by atoms with E-state index in [1.165, 1.54) is 22.8 Å². The highest BCUT2D eigenvalue weighted by Gasteiger charge is 2.16. The Kier molecular flexibility index (Phi) is 4.15. The number of halogens is 1. The van der Waals surface area contributed by atoms with Crippen molar-refractivity contribution in [3.05, 3.63) is 16.2 Å². The van der Waals surface area contributed by atoms with Crippen molar-refractivity contribution in [1.29, 1.82) is 0 Å². The summed E-state index contributed by atoms with van der Waals surface area (Å²) in [5.74, 6) is 4.17. The predicted molar refractivity (Wildman–Crippen MR) is 85.7 cm³/mol. The minimum Gasteiger partial charge on any atom is -0.369 e. The van der Waals surface area contributed by atoms with Crippen LogP contribution >= 0.6 is 34.7 Å². The molecule has 2 aromatic rings. The lowest BCUT2D eigenvalue weighted by Gasteiger charge is -2.11. The van der Waals surface area contributed by atoms with Gasteiger partial charge in [-0.2, -0.15) is 11.8 Å². The Morgan fingerprint density at radius 2 is 2.37 bits per heavy atom. The van der Waals surface area contributed by atoms with Crippen molar-refractivity contribution >= 4 is 50.7 Å². The summed E-state index contributed by atoms with van der Waals surface area (Å²) in [6.45, 7) is 3.13. The standard InChI is InChI=1S/C13H16ClN3S2/c1-2-9-5-10-11(15-6-8-3-4-18-7-8)16-13(14)17-12(10)19-9/h5,8H,2-4,6-7H2,1H3,(H,15,16,17). The number of aromatic nitrogens is 2. The minimum atomic E-state index is 0.334. The van der Waals surface area contributed by atoms with Crippen molar-refractivity contribution in [2.75, 3.05) is 23.4 Å². The van der Waals surface area contributed by atoms with Crippen LogP contribution in [0.3, 0.4) is 0 Å². The fourth-order valence-corrected chi connectivity index (χ4v) is 4.71. The van der Waals surface area contributed by atoms with Gasteiger partial charge < -0.3 is 5.32 Å². The zero-order valence-corrected chi connectivity index (χ0v) is 13.2. The highest BCUT2D eigenvalue weighted by atomic mass is 35.5. The molecule has 1 atom stereocenters. The summed E-state index contributed by atoms with van der Waals surface area (Å²) in [7, 11) is 0. The highest BCUT2D eigenvalue weighted by Crippen LogP contribution is 2.31. The topological polar surface area (TPSA) is 37.8 Å². The quantitative estimate of drug-likeness (QED) is 0.863. The molecule has 0 spiro atoms. The molecule has 102 valence electrons. The van der Waals surface area contributed by atoms with Gasteiger partial charge in [0.1, 0.15) is 10.6 Å². The summed E-state index contributed by atoms with van der Waals surface area (Å²) in [6.07, 6.45) is 2.32. The molecule has 3 rings (SSSR count). The normalized spacial score (nSPS) is 19.2. The lowest BCUT2D eigenvalue weighted by molar-refractivity contribution is 0.631. The molecular formula is C13H16ClN3S2. The summed E-state index contributed by atoms with van der Waals surface area (Å²) in [4.78, 5) is 11.0. The maximum atomic E-state index is 6.01. The molecule has 3 nitrogen and oxygen atoms in total. The summed E-state index contributed by atoms with van der Waals surface area (Å²) < 4.78 is 0. The van der Waals surface area contributed by atoms with Crippen LogP contribution < -0.4 is 5.32 Å². The SMILES string of the molecule is CCc1cc2c(NCC3CCSC3)nc(Cl)nc2s1. The van der Waals surface area contributed by atoms with E-state index in [1.54, 1.807) is 11.3 Å². The van der Waals surface area contributed by atoms with Gasteiger partial charge in [-0.1, -0.05) is 6.92 Å². The van der Waals surface area contributed by atoms with Crippen LogP contribution in [0.2, 0.25) is 5.28 Å². The molecule has 0 aromatic carbocycles. The third-order valence-corrected chi connectivity index (χ3v) is 5.92. The molecule has 1 unspecified atom stereocenters.